The standard InChI is InChI=1S/C31H35FN4O2/c1-22(2)21-29(31(37)35-16-15-33)38-30(26-7-11-27(32)12-8-26)25-5-3-23(4-6-25)24-9-13-28(14-10-24)36-19-17-34-18-20-36/h3-14,22,29-30,34H,16-21H2,1-2H3,(H,35,37)/t29-,30?/m0/s1. The van der Waals surface area contributed by atoms with Crippen molar-refractivity contribution in [3.05, 3.63) is 89.7 Å². The Morgan fingerprint density at radius 2 is 1.53 bits per heavy atom. The summed E-state index contributed by atoms with van der Waals surface area (Å²) in [6, 6.07) is 24.8. The number of piperazine rings is 1. The molecule has 0 bridgehead atoms. The van der Waals surface area contributed by atoms with Crippen LogP contribution in [0.5, 0.6) is 0 Å². The topological polar surface area (TPSA) is 77.4 Å². The lowest BCUT2D eigenvalue weighted by atomic mass is 9.97. The second-order valence-electron chi connectivity index (χ2n) is 9.97. The summed E-state index contributed by atoms with van der Waals surface area (Å²) in [4.78, 5) is 15.2. The largest absolute Gasteiger partial charge is 0.369 e. The monoisotopic (exact) mass is 514 g/mol. The van der Waals surface area contributed by atoms with Crippen molar-refractivity contribution < 1.29 is 13.9 Å². The third-order valence-electron chi connectivity index (χ3n) is 6.69. The minimum atomic E-state index is -0.754. The molecule has 1 aliphatic rings. The number of anilines is 1. The molecular formula is C31H35FN4O2. The predicted octanol–water partition coefficient (Wildman–Crippen LogP) is 5.06. The molecule has 2 N–H and O–H groups in total. The highest BCUT2D eigenvalue weighted by Gasteiger charge is 2.26. The van der Waals surface area contributed by atoms with Crippen molar-refractivity contribution in [2.45, 2.75) is 32.5 Å². The van der Waals surface area contributed by atoms with Crippen LogP contribution in [0.1, 0.15) is 37.5 Å². The first-order valence-corrected chi connectivity index (χ1v) is 13.2. The van der Waals surface area contributed by atoms with Crippen LogP contribution < -0.4 is 15.5 Å². The van der Waals surface area contributed by atoms with Crippen molar-refractivity contribution >= 4 is 11.6 Å². The molecule has 198 valence electrons. The summed E-state index contributed by atoms with van der Waals surface area (Å²) < 4.78 is 20.1. The van der Waals surface area contributed by atoms with Crippen molar-refractivity contribution in [3.63, 3.8) is 0 Å². The summed E-state index contributed by atoms with van der Waals surface area (Å²) in [6.45, 7) is 7.96. The van der Waals surface area contributed by atoms with E-state index < -0.39 is 12.2 Å². The Balaban J connectivity index is 1.58. The van der Waals surface area contributed by atoms with Crippen molar-refractivity contribution in [1.29, 1.82) is 5.26 Å². The SMILES string of the molecule is CC(C)C[C@H](OC(c1ccc(F)cc1)c1ccc(-c2ccc(N3CCNCC3)cc2)cc1)C(=O)NCC#N. The zero-order valence-corrected chi connectivity index (χ0v) is 22.0. The molecular weight excluding hydrogens is 479 g/mol. The van der Waals surface area contributed by atoms with Gasteiger partial charge in [-0.05, 0) is 58.9 Å². The molecule has 1 fully saturated rings. The van der Waals surface area contributed by atoms with Gasteiger partial charge in [-0.15, -0.1) is 0 Å². The molecule has 4 rings (SSSR count). The van der Waals surface area contributed by atoms with Crippen LogP contribution in [-0.2, 0) is 9.53 Å². The highest BCUT2D eigenvalue weighted by Crippen LogP contribution is 2.31. The lowest BCUT2D eigenvalue weighted by molar-refractivity contribution is -0.136. The quantitative estimate of drug-likeness (QED) is 0.370. The van der Waals surface area contributed by atoms with Crippen LogP contribution in [0.25, 0.3) is 11.1 Å². The minimum absolute atomic E-state index is 0.0832. The van der Waals surface area contributed by atoms with Crippen molar-refractivity contribution in [2.75, 3.05) is 37.6 Å². The number of hydrogen-bond donors (Lipinski definition) is 2. The first kappa shape index (κ1) is 27.3. The highest BCUT2D eigenvalue weighted by molar-refractivity contribution is 5.81. The van der Waals surface area contributed by atoms with E-state index in [2.05, 4.69) is 39.8 Å². The average molecular weight is 515 g/mol. The van der Waals surface area contributed by atoms with E-state index in [4.69, 9.17) is 10.00 Å². The Morgan fingerprint density at radius 3 is 2.08 bits per heavy atom. The molecule has 1 aliphatic heterocycles. The van der Waals surface area contributed by atoms with E-state index in [1.165, 1.54) is 17.8 Å². The van der Waals surface area contributed by atoms with Gasteiger partial charge in [0.15, 0.2) is 0 Å². The van der Waals surface area contributed by atoms with E-state index in [9.17, 15) is 9.18 Å². The van der Waals surface area contributed by atoms with Crippen LogP contribution in [0.4, 0.5) is 10.1 Å². The number of carbonyl (C=O) groups excluding carboxylic acids is 1. The van der Waals surface area contributed by atoms with Gasteiger partial charge < -0.3 is 20.3 Å². The normalized spacial score (nSPS) is 15.1. The molecule has 0 radical (unpaired) electrons. The molecule has 0 aliphatic carbocycles. The second kappa shape index (κ2) is 13.2. The Hall–Kier alpha value is -3.73. The number of rotatable bonds is 10. The Labute approximate surface area is 224 Å². The fourth-order valence-electron chi connectivity index (χ4n) is 4.68. The van der Waals surface area contributed by atoms with Gasteiger partial charge in [-0.25, -0.2) is 4.39 Å². The van der Waals surface area contributed by atoms with Gasteiger partial charge >= 0.3 is 0 Å². The Bertz CT molecular complexity index is 1210. The highest BCUT2D eigenvalue weighted by atomic mass is 19.1. The fourth-order valence-corrected chi connectivity index (χ4v) is 4.68. The van der Waals surface area contributed by atoms with Crippen molar-refractivity contribution in [1.82, 2.24) is 10.6 Å². The molecule has 3 aromatic carbocycles. The van der Waals surface area contributed by atoms with Gasteiger partial charge in [0.25, 0.3) is 0 Å². The third-order valence-corrected chi connectivity index (χ3v) is 6.69. The molecule has 7 heteroatoms. The zero-order chi connectivity index (χ0) is 26.9. The number of carbonyl (C=O) groups is 1. The van der Waals surface area contributed by atoms with Crippen LogP contribution in [0.3, 0.4) is 0 Å². The van der Waals surface area contributed by atoms with Crippen LogP contribution in [-0.4, -0.2) is 44.7 Å². The van der Waals surface area contributed by atoms with Gasteiger partial charge in [0, 0.05) is 31.9 Å². The number of amides is 1. The maximum atomic E-state index is 13.7. The van der Waals surface area contributed by atoms with E-state index in [-0.39, 0.29) is 24.2 Å². The van der Waals surface area contributed by atoms with Crippen LogP contribution >= 0.6 is 0 Å². The van der Waals surface area contributed by atoms with E-state index in [0.29, 0.717) is 6.42 Å². The number of nitriles is 1. The number of nitrogens with one attached hydrogen (secondary N) is 2. The number of ether oxygens (including phenoxy) is 1. The summed E-state index contributed by atoms with van der Waals surface area (Å²) in [6.07, 6.45) is -0.834. The Morgan fingerprint density at radius 1 is 0.974 bits per heavy atom. The molecule has 1 saturated heterocycles. The van der Waals surface area contributed by atoms with Gasteiger partial charge in [0.2, 0.25) is 5.91 Å². The molecule has 1 unspecified atom stereocenters. The first-order valence-electron chi connectivity index (χ1n) is 13.2. The molecule has 38 heavy (non-hydrogen) atoms. The van der Waals surface area contributed by atoms with Gasteiger partial charge in [-0.2, -0.15) is 5.26 Å². The van der Waals surface area contributed by atoms with Crippen molar-refractivity contribution in [3.8, 4) is 17.2 Å². The molecule has 0 saturated carbocycles. The summed E-state index contributed by atoms with van der Waals surface area (Å²) in [5.74, 6) is -0.459. The maximum absolute atomic E-state index is 13.7. The molecule has 6 nitrogen and oxygen atoms in total. The number of nitrogens with zero attached hydrogens (tertiary/aromatic N) is 2. The number of hydrogen-bond acceptors (Lipinski definition) is 5. The summed E-state index contributed by atoms with van der Waals surface area (Å²) in [5.41, 5.74) is 5.02. The van der Waals surface area contributed by atoms with E-state index >= 15 is 0 Å². The zero-order valence-electron chi connectivity index (χ0n) is 22.0. The molecule has 2 atom stereocenters. The van der Waals surface area contributed by atoms with Crippen LogP contribution in [0.15, 0.2) is 72.8 Å². The molecule has 0 aromatic heterocycles. The maximum Gasteiger partial charge on any atom is 0.250 e. The van der Waals surface area contributed by atoms with E-state index in [1.54, 1.807) is 12.1 Å². The second-order valence-corrected chi connectivity index (χ2v) is 9.97. The summed E-state index contributed by atoms with van der Waals surface area (Å²) in [7, 11) is 0. The smallest absolute Gasteiger partial charge is 0.250 e. The van der Waals surface area contributed by atoms with Crippen LogP contribution in [0.2, 0.25) is 0 Å². The minimum Gasteiger partial charge on any atom is -0.369 e. The fraction of sp³-hybridized carbons (Fsp3) is 0.355. The molecule has 1 heterocycles. The van der Waals surface area contributed by atoms with Crippen molar-refractivity contribution in [2.24, 2.45) is 5.92 Å². The van der Waals surface area contributed by atoms with Gasteiger partial charge in [-0.3, -0.25) is 4.79 Å². The van der Waals surface area contributed by atoms with Gasteiger partial charge in [-0.1, -0.05) is 62.4 Å². The van der Waals surface area contributed by atoms with Gasteiger partial charge in [0.1, 0.15) is 24.6 Å². The molecule has 3 aromatic rings. The lowest BCUT2D eigenvalue weighted by Crippen LogP contribution is -2.43. The van der Waals surface area contributed by atoms with Gasteiger partial charge in [0.05, 0.1) is 6.07 Å². The summed E-state index contributed by atoms with van der Waals surface area (Å²) in [5, 5.41) is 14.9. The Kier molecular flexibility index (Phi) is 9.47. The predicted molar refractivity (Wildman–Crippen MR) is 148 cm³/mol. The lowest BCUT2D eigenvalue weighted by Gasteiger charge is -2.29. The number of halogens is 1. The van der Waals surface area contributed by atoms with Crippen LogP contribution in [0, 0.1) is 23.1 Å². The first-order chi connectivity index (χ1) is 18.4. The third kappa shape index (κ3) is 7.18. The average Bonchev–Trinajstić information content (AvgIpc) is 2.95. The number of benzene rings is 3. The van der Waals surface area contributed by atoms with E-state index in [1.807, 2.05) is 44.2 Å². The molecule has 0 spiro atoms. The summed E-state index contributed by atoms with van der Waals surface area (Å²) >= 11 is 0. The molecule has 1 amide bonds. The van der Waals surface area contributed by atoms with E-state index in [0.717, 1.165) is 48.4 Å².